The van der Waals surface area contributed by atoms with Gasteiger partial charge in [-0.1, -0.05) is 29.3 Å². The molecule has 0 saturated carbocycles. The molecule has 2 aromatic rings. The van der Waals surface area contributed by atoms with E-state index in [1.165, 1.54) is 12.1 Å². The molecular weight excluding hydrogens is 311 g/mol. The van der Waals surface area contributed by atoms with Gasteiger partial charge in [0.15, 0.2) is 10.3 Å². The molecule has 0 aliphatic rings. The van der Waals surface area contributed by atoms with Crippen molar-refractivity contribution >= 4 is 29.1 Å². The van der Waals surface area contributed by atoms with Crippen LogP contribution in [-0.4, -0.2) is 16.1 Å². The fourth-order valence-corrected chi connectivity index (χ4v) is 1.77. The maximum absolute atomic E-state index is 13.4. The predicted molar refractivity (Wildman–Crippen MR) is 69.6 cm³/mol. The van der Waals surface area contributed by atoms with Crippen LogP contribution in [0, 0.1) is 11.6 Å². The molecule has 1 N–H and O–H groups in total. The van der Waals surface area contributed by atoms with Gasteiger partial charge in [-0.3, -0.25) is 4.79 Å². The minimum Gasteiger partial charge on any atom is -0.348 e. The van der Waals surface area contributed by atoms with E-state index in [1.54, 1.807) is 0 Å². The molecule has 1 amide bonds. The number of carbonyl (C=O) groups is 1. The highest BCUT2D eigenvalue weighted by atomic mass is 35.5. The summed E-state index contributed by atoms with van der Waals surface area (Å²) in [5.74, 6) is -2.02. The van der Waals surface area contributed by atoms with Crippen LogP contribution in [0.5, 0.6) is 0 Å². The van der Waals surface area contributed by atoms with E-state index in [4.69, 9.17) is 23.2 Å². The molecule has 8 heteroatoms. The summed E-state index contributed by atoms with van der Waals surface area (Å²) < 4.78 is 26.1. The van der Waals surface area contributed by atoms with Gasteiger partial charge in [-0.05, 0) is 12.1 Å². The molecule has 0 aliphatic carbocycles. The monoisotopic (exact) mass is 317 g/mol. The number of benzene rings is 1. The SMILES string of the molecule is O=C(NCc1ccc(F)cc1F)c1cc(Cl)nnc1Cl. The van der Waals surface area contributed by atoms with Gasteiger partial charge in [0, 0.05) is 18.2 Å². The molecule has 1 aromatic heterocycles. The Kier molecular flexibility index (Phi) is 4.46. The zero-order valence-corrected chi connectivity index (χ0v) is 11.3. The minimum atomic E-state index is -0.748. The lowest BCUT2D eigenvalue weighted by molar-refractivity contribution is 0.0950. The number of rotatable bonds is 3. The van der Waals surface area contributed by atoms with Gasteiger partial charge in [-0.25, -0.2) is 8.78 Å². The first-order valence-electron chi connectivity index (χ1n) is 5.38. The number of aromatic nitrogens is 2. The number of nitrogens with zero attached hydrogens (tertiary/aromatic N) is 2. The average molecular weight is 318 g/mol. The predicted octanol–water partition coefficient (Wildman–Crippen LogP) is 2.99. The molecular formula is C12H7Cl2F2N3O. The van der Waals surface area contributed by atoms with Crippen molar-refractivity contribution in [2.75, 3.05) is 0 Å². The molecule has 1 aromatic carbocycles. The topological polar surface area (TPSA) is 54.9 Å². The van der Waals surface area contributed by atoms with Crippen LogP contribution in [0.25, 0.3) is 0 Å². The molecule has 1 heterocycles. The molecule has 104 valence electrons. The second-order valence-electron chi connectivity index (χ2n) is 3.79. The Morgan fingerprint density at radius 3 is 2.65 bits per heavy atom. The first kappa shape index (κ1) is 14.6. The van der Waals surface area contributed by atoms with Crippen molar-refractivity contribution in [1.29, 1.82) is 0 Å². The van der Waals surface area contributed by atoms with E-state index >= 15 is 0 Å². The first-order valence-corrected chi connectivity index (χ1v) is 6.14. The van der Waals surface area contributed by atoms with E-state index in [-0.39, 0.29) is 28.0 Å². The molecule has 0 aliphatic heterocycles. The molecule has 0 bridgehead atoms. The van der Waals surface area contributed by atoms with Crippen LogP contribution in [0.3, 0.4) is 0 Å². The molecule has 20 heavy (non-hydrogen) atoms. The molecule has 0 radical (unpaired) electrons. The Morgan fingerprint density at radius 2 is 1.95 bits per heavy atom. The van der Waals surface area contributed by atoms with Crippen LogP contribution >= 0.6 is 23.2 Å². The highest BCUT2D eigenvalue weighted by molar-refractivity contribution is 6.34. The summed E-state index contributed by atoms with van der Waals surface area (Å²) >= 11 is 11.3. The highest BCUT2D eigenvalue weighted by Gasteiger charge is 2.13. The summed E-state index contributed by atoms with van der Waals surface area (Å²) in [6.45, 7) is -0.124. The summed E-state index contributed by atoms with van der Waals surface area (Å²) in [6.07, 6.45) is 0. The number of nitrogens with one attached hydrogen (secondary N) is 1. The first-order chi connectivity index (χ1) is 9.47. The smallest absolute Gasteiger partial charge is 0.254 e. The van der Waals surface area contributed by atoms with Crippen molar-refractivity contribution in [2.45, 2.75) is 6.54 Å². The molecule has 4 nitrogen and oxygen atoms in total. The average Bonchev–Trinajstić information content (AvgIpc) is 2.40. The maximum atomic E-state index is 13.4. The van der Waals surface area contributed by atoms with Crippen LogP contribution in [0.4, 0.5) is 8.78 Å². The second kappa shape index (κ2) is 6.11. The zero-order valence-electron chi connectivity index (χ0n) is 9.83. The lowest BCUT2D eigenvalue weighted by Crippen LogP contribution is -2.24. The van der Waals surface area contributed by atoms with Gasteiger partial charge in [-0.15, -0.1) is 10.2 Å². The van der Waals surface area contributed by atoms with Crippen molar-refractivity contribution in [3.8, 4) is 0 Å². The van der Waals surface area contributed by atoms with Gasteiger partial charge < -0.3 is 5.32 Å². The van der Waals surface area contributed by atoms with Crippen molar-refractivity contribution in [3.63, 3.8) is 0 Å². The fraction of sp³-hybridized carbons (Fsp3) is 0.0833. The van der Waals surface area contributed by atoms with Crippen LogP contribution in [0.1, 0.15) is 15.9 Å². The van der Waals surface area contributed by atoms with E-state index in [0.717, 1.165) is 12.1 Å². The Hall–Kier alpha value is -1.79. The molecule has 0 saturated heterocycles. The summed E-state index contributed by atoms with van der Waals surface area (Å²) in [5.41, 5.74) is 0.165. The fourth-order valence-electron chi connectivity index (χ4n) is 1.45. The Morgan fingerprint density at radius 1 is 1.20 bits per heavy atom. The van der Waals surface area contributed by atoms with Gasteiger partial charge in [0.1, 0.15) is 11.6 Å². The van der Waals surface area contributed by atoms with Gasteiger partial charge in [0.25, 0.3) is 5.91 Å². The van der Waals surface area contributed by atoms with Crippen LogP contribution in [0.15, 0.2) is 24.3 Å². The second-order valence-corrected chi connectivity index (χ2v) is 4.54. The molecule has 0 spiro atoms. The van der Waals surface area contributed by atoms with E-state index < -0.39 is 17.5 Å². The van der Waals surface area contributed by atoms with E-state index in [1.807, 2.05) is 0 Å². The maximum Gasteiger partial charge on any atom is 0.254 e. The number of carbonyl (C=O) groups excluding carboxylic acids is 1. The van der Waals surface area contributed by atoms with E-state index in [2.05, 4.69) is 15.5 Å². The summed E-state index contributed by atoms with van der Waals surface area (Å²) in [5, 5.41) is 9.27. The van der Waals surface area contributed by atoms with Crippen molar-refractivity contribution < 1.29 is 13.6 Å². The highest BCUT2D eigenvalue weighted by Crippen LogP contribution is 2.15. The van der Waals surface area contributed by atoms with E-state index in [0.29, 0.717) is 0 Å². The van der Waals surface area contributed by atoms with Crippen LogP contribution in [0.2, 0.25) is 10.3 Å². The third-order valence-corrected chi connectivity index (χ3v) is 2.88. The van der Waals surface area contributed by atoms with Gasteiger partial charge in [-0.2, -0.15) is 0 Å². The Balaban J connectivity index is 2.10. The number of amides is 1. The Bertz CT molecular complexity index is 667. The quantitative estimate of drug-likeness (QED) is 0.946. The van der Waals surface area contributed by atoms with Crippen LogP contribution < -0.4 is 5.32 Å². The van der Waals surface area contributed by atoms with Gasteiger partial charge >= 0.3 is 0 Å². The lowest BCUT2D eigenvalue weighted by Gasteiger charge is -2.07. The molecule has 0 atom stereocenters. The number of halogens is 4. The molecule has 0 unspecified atom stereocenters. The van der Waals surface area contributed by atoms with Crippen molar-refractivity contribution in [3.05, 3.63) is 57.3 Å². The molecule has 0 fully saturated rings. The largest absolute Gasteiger partial charge is 0.348 e. The minimum absolute atomic E-state index is 0.00696. The lowest BCUT2D eigenvalue weighted by atomic mass is 10.2. The summed E-state index contributed by atoms with van der Waals surface area (Å²) in [6, 6.07) is 4.32. The van der Waals surface area contributed by atoms with E-state index in [9.17, 15) is 13.6 Å². The summed E-state index contributed by atoms with van der Waals surface area (Å²) in [4.78, 5) is 11.9. The third-order valence-electron chi connectivity index (χ3n) is 2.42. The normalized spacial score (nSPS) is 10.4. The summed E-state index contributed by atoms with van der Waals surface area (Å²) in [7, 11) is 0. The van der Waals surface area contributed by atoms with Crippen LogP contribution in [-0.2, 0) is 6.54 Å². The number of hydrogen-bond donors (Lipinski definition) is 1. The molecule has 2 rings (SSSR count). The number of hydrogen-bond acceptors (Lipinski definition) is 3. The third kappa shape index (κ3) is 3.40. The Labute approximate surface area is 122 Å². The zero-order chi connectivity index (χ0) is 14.7. The van der Waals surface area contributed by atoms with Crippen molar-refractivity contribution in [1.82, 2.24) is 15.5 Å². The van der Waals surface area contributed by atoms with Crippen molar-refractivity contribution in [2.24, 2.45) is 0 Å². The van der Waals surface area contributed by atoms with Gasteiger partial charge in [0.2, 0.25) is 0 Å². The van der Waals surface area contributed by atoms with Gasteiger partial charge in [0.05, 0.1) is 5.56 Å². The standard InChI is InChI=1S/C12H7Cl2F2N3O/c13-10-4-8(11(14)19-18-10)12(20)17-5-6-1-2-7(15)3-9(6)16/h1-4H,5H2,(H,17,20).